The largest absolute Gasteiger partial charge is 0.357 e. The Morgan fingerprint density at radius 1 is 1.09 bits per heavy atom. The second-order valence-corrected chi connectivity index (χ2v) is 5.84. The van der Waals surface area contributed by atoms with Crippen LogP contribution in [0.1, 0.15) is 27.5 Å². The van der Waals surface area contributed by atoms with Gasteiger partial charge in [-0.1, -0.05) is 30.3 Å². The molecule has 23 heavy (non-hydrogen) atoms. The van der Waals surface area contributed by atoms with E-state index in [-0.39, 0.29) is 11.8 Å². The van der Waals surface area contributed by atoms with Crippen LogP contribution in [0.2, 0.25) is 0 Å². The summed E-state index contributed by atoms with van der Waals surface area (Å²) in [5.41, 5.74) is 5.07. The minimum absolute atomic E-state index is 0.000804. The molecule has 0 saturated carbocycles. The highest BCUT2D eigenvalue weighted by atomic mass is 16.1. The van der Waals surface area contributed by atoms with Crippen molar-refractivity contribution >= 4 is 5.91 Å². The summed E-state index contributed by atoms with van der Waals surface area (Å²) in [6.45, 7) is 0.664. The number of nitrogens with zero attached hydrogens (tertiary/aromatic N) is 1. The van der Waals surface area contributed by atoms with E-state index in [1.165, 1.54) is 5.56 Å². The average molecular weight is 303 g/mol. The Morgan fingerprint density at radius 3 is 2.65 bits per heavy atom. The normalized spacial score (nSPS) is 16.7. The number of aromatic nitrogens is 2. The van der Waals surface area contributed by atoms with Crippen LogP contribution in [0, 0.1) is 0 Å². The molecule has 4 nitrogen and oxygen atoms in total. The lowest BCUT2D eigenvalue weighted by Gasteiger charge is -2.23. The van der Waals surface area contributed by atoms with Crippen LogP contribution < -0.4 is 5.32 Å². The molecule has 1 amide bonds. The van der Waals surface area contributed by atoms with E-state index in [4.69, 9.17) is 0 Å². The van der Waals surface area contributed by atoms with Crippen LogP contribution in [0.3, 0.4) is 0 Å². The van der Waals surface area contributed by atoms with Crippen molar-refractivity contribution in [2.75, 3.05) is 6.54 Å². The maximum absolute atomic E-state index is 12.2. The summed E-state index contributed by atoms with van der Waals surface area (Å²) in [7, 11) is 0. The van der Waals surface area contributed by atoms with E-state index in [0.717, 1.165) is 28.9 Å². The van der Waals surface area contributed by atoms with Crippen LogP contribution in [0.25, 0.3) is 11.3 Å². The van der Waals surface area contributed by atoms with Crippen LogP contribution in [0.4, 0.5) is 0 Å². The summed E-state index contributed by atoms with van der Waals surface area (Å²) in [6.07, 6.45) is 4.43. The molecule has 0 bridgehead atoms. The summed E-state index contributed by atoms with van der Waals surface area (Å²) < 4.78 is 0. The third-order valence-electron chi connectivity index (χ3n) is 4.33. The van der Waals surface area contributed by atoms with E-state index in [1.54, 1.807) is 12.4 Å². The van der Waals surface area contributed by atoms with Gasteiger partial charge in [-0.3, -0.25) is 9.78 Å². The van der Waals surface area contributed by atoms with Gasteiger partial charge < -0.3 is 10.3 Å². The van der Waals surface area contributed by atoms with E-state index in [2.05, 4.69) is 39.6 Å². The molecule has 3 heterocycles. The molecule has 0 saturated heterocycles. The molecule has 3 aromatic rings. The number of fused-ring (bicyclic) bond motifs is 1. The minimum Gasteiger partial charge on any atom is -0.357 e. The third-order valence-corrected chi connectivity index (χ3v) is 4.33. The van der Waals surface area contributed by atoms with Gasteiger partial charge >= 0.3 is 0 Å². The van der Waals surface area contributed by atoms with Crippen molar-refractivity contribution in [1.82, 2.24) is 15.3 Å². The Hall–Kier alpha value is -2.88. The van der Waals surface area contributed by atoms with Crippen molar-refractivity contribution in [3.8, 4) is 11.3 Å². The Morgan fingerprint density at radius 2 is 1.87 bits per heavy atom. The summed E-state index contributed by atoms with van der Waals surface area (Å²) >= 11 is 0. The molecule has 114 valence electrons. The van der Waals surface area contributed by atoms with Crippen molar-refractivity contribution in [2.24, 2.45) is 0 Å². The van der Waals surface area contributed by atoms with Gasteiger partial charge in [-0.05, 0) is 30.2 Å². The number of hydrogen-bond acceptors (Lipinski definition) is 2. The topological polar surface area (TPSA) is 57.8 Å². The molecule has 1 aliphatic heterocycles. The first-order chi connectivity index (χ1) is 11.3. The highest BCUT2D eigenvalue weighted by Gasteiger charge is 2.28. The Kier molecular flexibility index (Phi) is 3.42. The lowest BCUT2D eigenvalue weighted by molar-refractivity contribution is 0.0940. The molecule has 4 heteroatoms. The fourth-order valence-electron chi connectivity index (χ4n) is 3.15. The van der Waals surface area contributed by atoms with Gasteiger partial charge in [0.05, 0.1) is 5.56 Å². The smallest absolute Gasteiger partial charge is 0.253 e. The molecule has 1 aromatic carbocycles. The predicted octanol–water partition coefficient (Wildman–Crippen LogP) is 3.15. The van der Waals surface area contributed by atoms with Gasteiger partial charge in [0.1, 0.15) is 0 Å². The molecule has 0 radical (unpaired) electrons. The van der Waals surface area contributed by atoms with Crippen LogP contribution in [-0.4, -0.2) is 22.4 Å². The third kappa shape index (κ3) is 2.63. The zero-order valence-corrected chi connectivity index (χ0v) is 12.6. The molecular formula is C19H17N3O. The van der Waals surface area contributed by atoms with Gasteiger partial charge in [0.15, 0.2) is 0 Å². The van der Waals surface area contributed by atoms with E-state index < -0.39 is 0 Å². The first-order valence-electron chi connectivity index (χ1n) is 7.76. The lowest BCUT2D eigenvalue weighted by Crippen LogP contribution is -2.35. The standard InChI is InChI=1S/C19H17N3O/c23-19-16-11-17(14-6-8-20-9-7-14)22-18(16)15(12-21-19)10-13-4-2-1-3-5-13/h1-9,11,15,22H,10,12H2,(H,21,23)/t15-/m1/s1. The molecule has 4 rings (SSSR count). The Labute approximate surface area is 134 Å². The van der Waals surface area contributed by atoms with E-state index in [1.807, 2.05) is 24.3 Å². The molecule has 2 N–H and O–H groups in total. The molecule has 0 fully saturated rings. The zero-order chi connectivity index (χ0) is 15.6. The van der Waals surface area contributed by atoms with Crippen molar-refractivity contribution < 1.29 is 4.79 Å². The summed E-state index contributed by atoms with van der Waals surface area (Å²) in [6, 6.07) is 16.2. The first-order valence-corrected chi connectivity index (χ1v) is 7.76. The minimum atomic E-state index is 0.000804. The second kappa shape index (κ2) is 5.72. The molecule has 2 aromatic heterocycles. The van der Waals surface area contributed by atoms with Crippen molar-refractivity contribution in [3.05, 3.63) is 77.7 Å². The number of amides is 1. The number of H-pyrrole nitrogens is 1. The first kappa shape index (κ1) is 13.8. The van der Waals surface area contributed by atoms with Crippen molar-refractivity contribution in [2.45, 2.75) is 12.3 Å². The fourth-order valence-corrected chi connectivity index (χ4v) is 3.15. The summed E-state index contributed by atoms with van der Waals surface area (Å²) in [4.78, 5) is 19.7. The van der Waals surface area contributed by atoms with Gasteiger partial charge in [0, 0.05) is 41.8 Å². The van der Waals surface area contributed by atoms with Crippen LogP contribution in [0.5, 0.6) is 0 Å². The molecule has 0 spiro atoms. The predicted molar refractivity (Wildman–Crippen MR) is 89.2 cm³/mol. The van der Waals surface area contributed by atoms with Gasteiger partial charge in [0.25, 0.3) is 5.91 Å². The Balaban J connectivity index is 1.70. The quantitative estimate of drug-likeness (QED) is 0.781. The van der Waals surface area contributed by atoms with Gasteiger partial charge in [-0.15, -0.1) is 0 Å². The Bertz CT molecular complexity index is 824. The fraction of sp³-hybridized carbons (Fsp3) is 0.158. The highest BCUT2D eigenvalue weighted by Crippen LogP contribution is 2.30. The number of benzene rings is 1. The molecule has 1 aliphatic rings. The van der Waals surface area contributed by atoms with Gasteiger partial charge in [-0.2, -0.15) is 0 Å². The lowest BCUT2D eigenvalue weighted by atomic mass is 9.91. The summed E-state index contributed by atoms with van der Waals surface area (Å²) in [5, 5.41) is 3.00. The number of rotatable bonds is 3. The molecule has 0 aliphatic carbocycles. The number of carbonyl (C=O) groups is 1. The van der Waals surface area contributed by atoms with Crippen LogP contribution in [0.15, 0.2) is 60.9 Å². The molecule has 0 unspecified atom stereocenters. The van der Waals surface area contributed by atoms with E-state index in [0.29, 0.717) is 6.54 Å². The number of nitrogens with one attached hydrogen (secondary N) is 2. The van der Waals surface area contributed by atoms with Gasteiger partial charge in [-0.25, -0.2) is 0 Å². The molecule has 1 atom stereocenters. The second-order valence-electron chi connectivity index (χ2n) is 5.84. The van der Waals surface area contributed by atoms with Crippen LogP contribution >= 0.6 is 0 Å². The monoisotopic (exact) mass is 303 g/mol. The van der Waals surface area contributed by atoms with Crippen molar-refractivity contribution in [1.29, 1.82) is 0 Å². The van der Waals surface area contributed by atoms with E-state index >= 15 is 0 Å². The highest BCUT2D eigenvalue weighted by molar-refractivity contribution is 5.98. The zero-order valence-electron chi connectivity index (χ0n) is 12.6. The van der Waals surface area contributed by atoms with Crippen molar-refractivity contribution in [3.63, 3.8) is 0 Å². The number of aromatic amines is 1. The maximum atomic E-state index is 12.2. The van der Waals surface area contributed by atoms with Gasteiger partial charge in [0.2, 0.25) is 0 Å². The maximum Gasteiger partial charge on any atom is 0.253 e. The summed E-state index contributed by atoms with van der Waals surface area (Å²) in [5.74, 6) is 0.265. The van der Waals surface area contributed by atoms with Crippen LogP contribution in [-0.2, 0) is 6.42 Å². The number of pyridine rings is 1. The SMILES string of the molecule is O=C1NC[C@@H](Cc2ccccc2)c2[nH]c(-c3ccncc3)cc21. The number of carbonyl (C=O) groups excluding carboxylic acids is 1. The number of hydrogen-bond donors (Lipinski definition) is 2. The average Bonchev–Trinajstić information content (AvgIpc) is 3.06. The van der Waals surface area contributed by atoms with E-state index in [9.17, 15) is 4.79 Å². The molecular weight excluding hydrogens is 286 g/mol.